The quantitative estimate of drug-likeness (QED) is 0.0462. The van der Waals surface area contributed by atoms with Crippen molar-refractivity contribution in [1.82, 2.24) is 0 Å². The smallest absolute Gasteiger partial charge is 0.308 e. The minimum absolute atomic E-state index is 0.0269. The number of ether oxygens (including phenoxy) is 1. The summed E-state index contributed by atoms with van der Waals surface area (Å²) in [6.07, 6.45) is 25.7. The monoisotopic (exact) mass is 642 g/mol. The zero-order valence-corrected chi connectivity index (χ0v) is 33.6. The van der Waals surface area contributed by atoms with Crippen LogP contribution in [-0.4, -0.2) is 46.8 Å². The number of hydrogen-bond acceptors (Lipinski definition) is 3. The third-order valence-electron chi connectivity index (χ3n) is 8.35. The molecule has 3 nitrogen and oxygen atoms in total. The van der Waals surface area contributed by atoms with Gasteiger partial charge in [0.2, 0.25) is 0 Å². The summed E-state index contributed by atoms with van der Waals surface area (Å²) in [7, 11) is -3.48. The molecule has 0 fully saturated rings. The first-order valence-electron chi connectivity index (χ1n) is 17.9. The van der Waals surface area contributed by atoms with Crippen molar-refractivity contribution in [3.8, 4) is 0 Å². The highest BCUT2D eigenvalue weighted by Crippen LogP contribution is 2.30. The lowest BCUT2D eigenvalue weighted by molar-refractivity contribution is -0.148. The third kappa shape index (κ3) is 26.4. The lowest BCUT2D eigenvalue weighted by atomic mass is 10.0. The molecule has 0 aromatic rings. The molecule has 0 heterocycles. The standard InChI is InChI=1S/C34H74O3Si4/c1-10-11-12-13-14-15-16-17-18-19-20-21-22-23-24-25-26-28-33(2)34(35)36-29-27-30-41(9,31-38-3)32-40(7,8)37-39(4,5)6/h33H,10-32H2,1-9H3. The van der Waals surface area contributed by atoms with Crippen molar-refractivity contribution < 1.29 is 13.6 Å². The van der Waals surface area contributed by atoms with E-state index in [1.54, 1.807) is 0 Å². The second-order valence-corrected chi connectivity index (χ2v) is 31.3. The van der Waals surface area contributed by atoms with Crippen molar-refractivity contribution in [2.24, 2.45) is 5.92 Å². The average Bonchev–Trinajstić information content (AvgIpc) is 2.86. The van der Waals surface area contributed by atoms with Crippen molar-refractivity contribution in [1.29, 1.82) is 0 Å². The summed E-state index contributed by atoms with van der Waals surface area (Å²) in [4.78, 5) is 12.6. The van der Waals surface area contributed by atoms with E-state index in [-0.39, 0.29) is 11.9 Å². The Morgan fingerprint density at radius 1 is 0.683 bits per heavy atom. The summed E-state index contributed by atoms with van der Waals surface area (Å²) < 4.78 is 12.4. The predicted octanol–water partition coefficient (Wildman–Crippen LogP) is 12.0. The van der Waals surface area contributed by atoms with E-state index in [1.165, 1.54) is 120 Å². The van der Waals surface area contributed by atoms with Crippen LogP contribution in [0.15, 0.2) is 0 Å². The molecule has 0 spiro atoms. The summed E-state index contributed by atoms with van der Waals surface area (Å²) in [6.45, 7) is 21.7. The second kappa shape index (κ2) is 24.6. The Morgan fingerprint density at radius 2 is 1.12 bits per heavy atom. The summed E-state index contributed by atoms with van der Waals surface area (Å²) in [5.74, 6) is 0.0718. The van der Waals surface area contributed by atoms with Crippen LogP contribution in [-0.2, 0) is 13.6 Å². The van der Waals surface area contributed by atoms with Gasteiger partial charge in [0.05, 0.1) is 12.5 Å². The molecule has 0 amide bonds. The van der Waals surface area contributed by atoms with Crippen LogP contribution in [0.25, 0.3) is 0 Å². The molecule has 41 heavy (non-hydrogen) atoms. The van der Waals surface area contributed by atoms with Crippen LogP contribution in [0.1, 0.15) is 136 Å². The molecule has 0 saturated heterocycles. The van der Waals surface area contributed by atoms with Gasteiger partial charge in [0.25, 0.3) is 0 Å². The molecule has 0 rings (SSSR count). The zero-order valence-electron chi connectivity index (χ0n) is 29.6. The number of carbonyl (C=O) groups is 1. The molecule has 0 aromatic heterocycles. The Balaban J connectivity index is 3.82. The van der Waals surface area contributed by atoms with E-state index in [2.05, 4.69) is 59.7 Å². The molecule has 7 heteroatoms. The van der Waals surface area contributed by atoms with Crippen LogP contribution in [0.4, 0.5) is 0 Å². The van der Waals surface area contributed by atoms with E-state index < -0.39 is 24.7 Å². The van der Waals surface area contributed by atoms with Crippen molar-refractivity contribution in [2.75, 3.05) is 6.61 Å². The Morgan fingerprint density at radius 3 is 1.54 bits per heavy atom. The van der Waals surface area contributed by atoms with Gasteiger partial charge >= 0.3 is 5.97 Å². The predicted molar refractivity (Wildman–Crippen MR) is 193 cm³/mol. The fourth-order valence-electron chi connectivity index (χ4n) is 6.67. The van der Waals surface area contributed by atoms with Crippen molar-refractivity contribution in [2.45, 2.75) is 199 Å². The first-order valence-corrected chi connectivity index (χ1v) is 29.2. The molecule has 0 aliphatic rings. The van der Waals surface area contributed by atoms with Crippen molar-refractivity contribution in [3.63, 3.8) is 0 Å². The van der Waals surface area contributed by atoms with Gasteiger partial charge in [-0.2, -0.15) is 0 Å². The van der Waals surface area contributed by atoms with Crippen LogP contribution >= 0.6 is 0 Å². The molecule has 0 saturated carbocycles. The molecule has 244 valence electrons. The van der Waals surface area contributed by atoms with Gasteiger partial charge in [0, 0.05) is 17.6 Å². The fraction of sp³-hybridized carbons (Fsp3) is 0.971. The first-order chi connectivity index (χ1) is 19.3. The summed E-state index contributed by atoms with van der Waals surface area (Å²) in [5, 5.41) is 0. The SMILES string of the molecule is CCCCCCCCCCCCCCCCCCCC(C)C(=O)OCCC[Si](C)(C[Si]C)C[Si](C)(C)O[Si](C)(C)C. The Labute approximate surface area is 264 Å². The maximum absolute atomic E-state index is 12.6. The molecule has 0 aliphatic heterocycles. The van der Waals surface area contributed by atoms with E-state index in [0.717, 1.165) is 28.8 Å². The molecule has 0 aromatic carbocycles. The second-order valence-electron chi connectivity index (χ2n) is 15.1. The van der Waals surface area contributed by atoms with Gasteiger partial charge < -0.3 is 8.85 Å². The molecule has 0 aliphatic carbocycles. The van der Waals surface area contributed by atoms with Gasteiger partial charge in [0.15, 0.2) is 16.6 Å². The van der Waals surface area contributed by atoms with E-state index in [1.807, 2.05) is 0 Å². The Hall–Kier alpha value is 0.298. The summed E-state index contributed by atoms with van der Waals surface area (Å²) in [5.41, 5.74) is 2.73. The van der Waals surface area contributed by atoms with Crippen LogP contribution in [0.2, 0.25) is 63.2 Å². The van der Waals surface area contributed by atoms with Gasteiger partial charge in [0.1, 0.15) is 0 Å². The normalized spacial score (nSPS) is 14.7. The minimum atomic E-state index is -1.64. The molecule has 0 N–H and O–H groups in total. The van der Waals surface area contributed by atoms with Gasteiger partial charge in [-0.3, -0.25) is 4.79 Å². The lowest BCUT2D eigenvalue weighted by Crippen LogP contribution is -2.49. The zero-order chi connectivity index (χ0) is 31.0. The first kappa shape index (κ1) is 41.3. The van der Waals surface area contributed by atoms with Gasteiger partial charge in [-0.05, 0) is 51.2 Å². The van der Waals surface area contributed by atoms with E-state index in [4.69, 9.17) is 8.85 Å². The van der Waals surface area contributed by atoms with Crippen LogP contribution in [0.3, 0.4) is 0 Å². The van der Waals surface area contributed by atoms with E-state index in [0.29, 0.717) is 6.61 Å². The molecule has 2 unspecified atom stereocenters. The minimum Gasteiger partial charge on any atom is -0.465 e. The molecule has 2 radical (unpaired) electrons. The third-order valence-corrected chi connectivity index (χ3v) is 26.2. The molecule has 2 atom stereocenters. The number of carbonyl (C=O) groups excluding carboxylic acids is 1. The summed E-state index contributed by atoms with van der Waals surface area (Å²) in [6, 6.07) is 1.26. The van der Waals surface area contributed by atoms with Gasteiger partial charge in [-0.15, -0.1) is 0 Å². The van der Waals surface area contributed by atoms with Crippen LogP contribution in [0, 0.1) is 5.92 Å². The maximum atomic E-state index is 12.6. The number of hydrogen-bond donors (Lipinski definition) is 0. The number of unbranched alkanes of at least 4 members (excludes halogenated alkanes) is 16. The summed E-state index contributed by atoms with van der Waals surface area (Å²) >= 11 is 0. The van der Waals surface area contributed by atoms with Crippen molar-refractivity contribution >= 4 is 40.2 Å². The topological polar surface area (TPSA) is 35.5 Å². The molecular weight excluding hydrogens is 569 g/mol. The highest BCUT2D eigenvalue weighted by Gasteiger charge is 2.38. The van der Waals surface area contributed by atoms with Crippen LogP contribution in [0.5, 0.6) is 0 Å². The van der Waals surface area contributed by atoms with E-state index >= 15 is 0 Å². The fourth-order valence-corrected chi connectivity index (χ4v) is 29.9. The molecule has 0 bridgehead atoms. The number of rotatable bonds is 29. The molecular formula is C34H74O3Si4. The van der Waals surface area contributed by atoms with Gasteiger partial charge in [-0.1, -0.05) is 148 Å². The number of esters is 1. The average molecular weight is 643 g/mol. The highest BCUT2D eigenvalue weighted by atomic mass is 28.5. The Bertz CT molecular complexity index is 624. The Kier molecular flexibility index (Phi) is 24.8. The largest absolute Gasteiger partial charge is 0.465 e. The lowest BCUT2D eigenvalue weighted by Gasteiger charge is -2.38. The van der Waals surface area contributed by atoms with Crippen LogP contribution < -0.4 is 0 Å². The van der Waals surface area contributed by atoms with E-state index in [9.17, 15) is 4.79 Å². The van der Waals surface area contributed by atoms with Crippen molar-refractivity contribution in [3.05, 3.63) is 0 Å². The highest BCUT2D eigenvalue weighted by molar-refractivity contribution is 6.98. The maximum Gasteiger partial charge on any atom is 0.308 e. The van der Waals surface area contributed by atoms with Gasteiger partial charge in [-0.25, -0.2) is 0 Å².